The lowest BCUT2D eigenvalue weighted by atomic mass is 9.89. The summed E-state index contributed by atoms with van der Waals surface area (Å²) in [5.41, 5.74) is 2.38. The fourth-order valence-electron chi connectivity index (χ4n) is 3.99. The molecule has 140 valence electrons. The van der Waals surface area contributed by atoms with Gasteiger partial charge in [-0.15, -0.1) is 0 Å². The number of hydrogen-bond acceptors (Lipinski definition) is 4. The monoisotopic (exact) mass is 352 g/mol. The van der Waals surface area contributed by atoms with Crippen molar-refractivity contribution in [1.82, 2.24) is 19.8 Å². The minimum Gasteiger partial charge on any atom is -0.295 e. The third-order valence-corrected chi connectivity index (χ3v) is 5.24. The van der Waals surface area contributed by atoms with Gasteiger partial charge in [-0.05, 0) is 65.8 Å². The zero-order valence-corrected chi connectivity index (χ0v) is 17.0. The highest BCUT2D eigenvalue weighted by molar-refractivity contribution is 5.19. The average molecular weight is 353 g/mol. The predicted molar refractivity (Wildman–Crippen MR) is 107 cm³/mol. The van der Waals surface area contributed by atoms with Crippen molar-refractivity contribution in [2.45, 2.75) is 64.7 Å². The van der Waals surface area contributed by atoms with E-state index in [0.29, 0.717) is 0 Å². The van der Waals surface area contributed by atoms with E-state index in [1.54, 1.807) is 0 Å². The molecule has 4 nitrogen and oxygen atoms in total. The van der Waals surface area contributed by atoms with E-state index >= 15 is 0 Å². The molecule has 1 fully saturated rings. The van der Waals surface area contributed by atoms with Crippen molar-refractivity contribution >= 4 is 0 Å². The van der Waals surface area contributed by atoms with Crippen LogP contribution < -0.4 is 0 Å². The van der Waals surface area contributed by atoms with Crippen LogP contribution >= 0.6 is 0 Å². The lowest BCUT2D eigenvalue weighted by Gasteiger charge is -2.55. The highest BCUT2D eigenvalue weighted by atomic mass is 15.4. The summed E-state index contributed by atoms with van der Waals surface area (Å²) in [7, 11) is 0. The first-order valence-electron chi connectivity index (χ1n) is 9.53. The summed E-state index contributed by atoms with van der Waals surface area (Å²) in [5, 5.41) is 0. The van der Waals surface area contributed by atoms with Crippen LogP contribution in [0.2, 0.25) is 0 Å². The quantitative estimate of drug-likeness (QED) is 0.798. The van der Waals surface area contributed by atoms with Crippen LogP contribution in [0.25, 0.3) is 0 Å². The van der Waals surface area contributed by atoms with Crippen molar-refractivity contribution in [1.29, 1.82) is 0 Å². The molecule has 1 aliphatic heterocycles. The number of piperazine rings is 1. The van der Waals surface area contributed by atoms with Crippen molar-refractivity contribution in [2.75, 3.05) is 13.1 Å². The maximum atomic E-state index is 4.72. The van der Waals surface area contributed by atoms with Crippen molar-refractivity contribution in [3.8, 4) is 0 Å². The van der Waals surface area contributed by atoms with Crippen LogP contribution in [0.4, 0.5) is 0 Å². The molecule has 2 aromatic heterocycles. The Labute approximate surface area is 158 Å². The normalized spacial score (nSPS) is 23.2. The largest absolute Gasteiger partial charge is 0.295 e. The summed E-state index contributed by atoms with van der Waals surface area (Å²) in [6, 6.07) is 12.9. The van der Waals surface area contributed by atoms with E-state index in [1.165, 1.54) is 0 Å². The second-order valence-electron chi connectivity index (χ2n) is 9.19. The van der Waals surface area contributed by atoms with E-state index < -0.39 is 0 Å². The number of pyridine rings is 2. The van der Waals surface area contributed by atoms with Crippen molar-refractivity contribution in [2.24, 2.45) is 0 Å². The van der Waals surface area contributed by atoms with Gasteiger partial charge in [0.05, 0.1) is 23.5 Å². The van der Waals surface area contributed by atoms with Crippen molar-refractivity contribution in [3.63, 3.8) is 0 Å². The fraction of sp³-hybridized carbons (Fsp3) is 0.545. The van der Waals surface area contributed by atoms with Crippen LogP contribution in [-0.2, 0) is 0 Å². The van der Waals surface area contributed by atoms with Gasteiger partial charge in [-0.2, -0.15) is 0 Å². The SMILES string of the molecule is CC(C)(C)N1CC(c2ccccn2)N(C(C)(C)C)C(c2ccccn2)C1. The Balaban J connectivity index is 2.10. The van der Waals surface area contributed by atoms with Crippen molar-refractivity contribution in [3.05, 3.63) is 60.2 Å². The van der Waals surface area contributed by atoms with E-state index in [4.69, 9.17) is 9.97 Å². The zero-order valence-electron chi connectivity index (χ0n) is 17.0. The van der Waals surface area contributed by atoms with Gasteiger partial charge in [-0.3, -0.25) is 19.8 Å². The molecular weight excluding hydrogens is 320 g/mol. The number of aromatic nitrogens is 2. The standard InChI is InChI=1S/C22H32N4/c1-21(2,3)25-15-19(17-11-7-9-13-23-17)26(22(4,5)6)20(16-25)18-12-8-10-14-24-18/h7-14,19-20H,15-16H2,1-6H3. The van der Waals surface area contributed by atoms with E-state index in [9.17, 15) is 0 Å². The van der Waals surface area contributed by atoms with E-state index in [0.717, 1.165) is 24.5 Å². The molecular formula is C22H32N4. The molecule has 0 amide bonds. The molecule has 2 aromatic rings. The van der Waals surface area contributed by atoms with Gasteiger partial charge in [0.25, 0.3) is 0 Å². The summed E-state index contributed by atoms with van der Waals surface area (Å²) in [5.74, 6) is 0. The fourth-order valence-corrected chi connectivity index (χ4v) is 3.99. The smallest absolute Gasteiger partial charge is 0.0660 e. The minimum absolute atomic E-state index is 0.00828. The first kappa shape index (κ1) is 19.0. The van der Waals surface area contributed by atoms with Gasteiger partial charge in [0.1, 0.15) is 0 Å². The highest BCUT2D eigenvalue weighted by Gasteiger charge is 2.44. The summed E-state index contributed by atoms with van der Waals surface area (Å²) >= 11 is 0. The molecule has 0 N–H and O–H groups in total. The molecule has 0 aliphatic carbocycles. The van der Waals surface area contributed by atoms with Crippen LogP contribution in [0.3, 0.4) is 0 Å². The maximum Gasteiger partial charge on any atom is 0.0660 e. The van der Waals surface area contributed by atoms with Gasteiger partial charge in [-0.25, -0.2) is 0 Å². The third kappa shape index (κ3) is 3.97. The first-order chi connectivity index (χ1) is 12.2. The van der Waals surface area contributed by atoms with Crippen LogP contribution in [0.1, 0.15) is 65.0 Å². The van der Waals surface area contributed by atoms with Crippen LogP contribution in [0, 0.1) is 0 Å². The average Bonchev–Trinajstić information content (AvgIpc) is 2.60. The third-order valence-electron chi connectivity index (χ3n) is 5.24. The van der Waals surface area contributed by atoms with E-state index in [-0.39, 0.29) is 23.2 Å². The first-order valence-corrected chi connectivity index (χ1v) is 9.53. The Bertz CT molecular complexity index is 651. The molecule has 1 aliphatic rings. The predicted octanol–water partition coefficient (Wildman–Crippen LogP) is 4.47. The second-order valence-corrected chi connectivity index (χ2v) is 9.19. The molecule has 0 radical (unpaired) electrons. The van der Waals surface area contributed by atoms with Crippen molar-refractivity contribution < 1.29 is 0 Å². The lowest BCUT2D eigenvalue weighted by molar-refractivity contribution is -0.0682. The van der Waals surface area contributed by atoms with Crippen LogP contribution in [0.15, 0.2) is 48.8 Å². The zero-order chi connectivity index (χ0) is 18.9. The number of nitrogens with zero attached hydrogens (tertiary/aromatic N) is 4. The summed E-state index contributed by atoms with van der Waals surface area (Å²) in [4.78, 5) is 14.6. The van der Waals surface area contributed by atoms with Crippen LogP contribution in [0.5, 0.6) is 0 Å². The molecule has 0 aromatic carbocycles. The van der Waals surface area contributed by atoms with Gasteiger partial charge < -0.3 is 0 Å². The minimum atomic E-state index is 0.00828. The summed E-state index contributed by atoms with van der Waals surface area (Å²) in [6.45, 7) is 15.7. The van der Waals surface area contributed by atoms with E-state index in [1.807, 2.05) is 24.5 Å². The number of hydrogen-bond donors (Lipinski definition) is 0. The van der Waals surface area contributed by atoms with E-state index in [2.05, 4.69) is 75.6 Å². The van der Waals surface area contributed by atoms with Gasteiger partial charge in [-0.1, -0.05) is 12.1 Å². The summed E-state index contributed by atoms with van der Waals surface area (Å²) in [6.07, 6.45) is 3.81. The van der Waals surface area contributed by atoms with Gasteiger partial charge in [0.15, 0.2) is 0 Å². The van der Waals surface area contributed by atoms with Gasteiger partial charge in [0, 0.05) is 36.6 Å². The maximum absolute atomic E-state index is 4.72. The molecule has 3 rings (SSSR count). The topological polar surface area (TPSA) is 32.3 Å². The molecule has 0 saturated carbocycles. The number of rotatable bonds is 2. The molecule has 26 heavy (non-hydrogen) atoms. The van der Waals surface area contributed by atoms with Crippen LogP contribution in [-0.4, -0.2) is 43.9 Å². The Kier molecular flexibility index (Phi) is 5.18. The molecule has 4 heteroatoms. The molecule has 0 bridgehead atoms. The molecule has 0 spiro atoms. The second kappa shape index (κ2) is 7.09. The Morgan fingerprint density at radius 1 is 0.731 bits per heavy atom. The Hall–Kier alpha value is -1.78. The highest BCUT2D eigenvalue weighted by Crippen LogP contribution is 2.42. The molecule has 2 atom stereocenters. The summed E-state index contributed by atoms with van der Waals surface area (Å²) < 4.78 is 0. The van der Waals surface area contributed by atoms with Gasteiger partial charge in [0.2, 0.25) is 0 Å². The molecule has 3 heterocycles. The van der Waals surface area contributed by atoms with Gasteiger partial charge >= 0.3 is 0 Å². The Morgan fingerprint density at radius 3 is 1.50 bits per heavy atom. The molecule has 2 unspecified atom stereocenters. The molecule has 1 saturated heterocycles. The lowest BCUT2D eigenvalue weighted by Crippen LogP contribution is -2.60. The Morgan fingerprint density at radius 2 is 1.19 bits per heavy atom.